The van der Waals surface area contributed by atoms with Gasteiger partial charge in [-0.25, -0.2) is 9.18 Å². The fraction of sp³-hybridized carbons (Fsp3) is 0.914. The average Bonchev–Trinajstić information content (AvgIpc) is 3.58. The van der Waals surface area contributed by atoms with Crippen LogP contribution in [-0.2, 0) is 14.3 Å². The standard InChI is InChI=1S/C35H63FO6/c1-3-4-5-6-7-8-9-10-11-15-21-31(38)33-23-24-34(42-33)32(39)22-17-16-19-29(36)18-13-12-14-20-30(37)26-28-25-27(2)41-35(28)40/h25,27,29-34,37-39H,3-24,26H2,1-2H3/t27-,29?,30+,31-,32?,33-,34-/m0/s1/i36-1. The number of rotatable bonds is 26. The lowest BCUT2D eigenvalue weighted by Crippen LogP contribution is -2.31. The smallest absolute Gasteiger partial charge is 0.334 e. The molecule has 0 bridgehead atoms. The third-order valence-corrected chi connectivity index (χ3v) is 9.07. The third kappa shape index (κ3) is 16.2. The number of aliphatic hydroxyl groups is 3. The highest BCUT2D eigenvalue weighted by Gasteiger charge is 2.34. The van der Waals surface area contributed by atoms with E-state index >= 15 is 0 Å². The van der Waals surface area contributed by atoms with Crippen LogP contribution >= 0.6 is 0 Å². The quantitative estimate of drug-likeness (QED) is 0.0690. The van der Waals surface area contributed by atoms with E-state index in [0.29, 0.717) is 37.7 Å². The minimum atomic E-state index is -0.833. The molecule has 246 valence electrons. The fourth-order valence-electron chi connectivity index (χ4n) is 6.39. The summed E-state index contributed by atoms with van der Waals surface area (Å²) in [6, 6.07) is 0. The van der Waals surface area contributed by atoms with Crippen molar-refractivity contribution < 1.29 is 34.0 Å². The lowest BCUT2D eigenvalue weighted by molar-refractivity contribution is -0.139. The van der Waals surface area contributed by atoms with Gasteiger partial charge < -0.3 is 24.8 Å². The summed E-state index contributed by atoms with van der Waals surface area (Å²) >= 11 is 0. The molecule has 3 N–H and O–H groups in total. The van der Waals surface area contributed by atoms with Gasteiger partial charge in [-0.3, -0.25) is 0 Å². The number of hydrogen-bond acceptors (Lipinski definition) is 6. The molecule has 0 radical (unpaired) electrons. The Labute approximate surface area is 255 Å². The zero-order valence-corrected chi connectivity index (χ0v) is 26.8. The molecule has 0 aromatic carbocycles. The second-order valence-electron chi connectivity index (χ2n) is 13.1. The van der Waals surface area contributed by atoms with Gasteiger partial charge in [0.25, 0.3) is 0 Å². The van der Waals surface area contributed by atoms with E-state index < -0.39 is 24.5 Å². The first kappa shape index (κ1) is 37.2. The maximum Gasteiger partial charge on any atom is 0.334 e. The summed E-state index contributed by atoms with van der Waals surface area (Å²) in [5.74, 6) is -0.331. The molecule has 6 nitrogen and oxygen atoms in total. The summed E-state index contributed by atoms with van der Waals surface area (Å²) < 4.78 is 25.4. The molecule has 0 aromatic rings. The summed E-state index contributed by atoms with van der Waals surface area (Å²) in [4.78, 5) is 11.6. The topological polar surface area (TPSA) is 96.2 Å². The van der Waals surface area contributed by atoms with Crippen LogP contribution in [0, 0.1) is 0 Å². The number of alkyl halides is 1. The second kappa shape index (κ2) is 22.5. The van der Waals surface area contributed by atoms with Crippen LogP contribution < -0.4 is 0 Å². The Balaban J connectivity index is 1.41. The van der Waals surface area contributed by atoms with E-state index in [1.165, 1.54) is 57.8 Å². The maximum absolute atomic E-state index is 14.3. The van der Waals surface area contributed by atoms with Gasteiger partial charge in [-0.1, -0.05) is 103 Å². The number of unbranched alkanes of at least 4 members (excludes halogenated alkanes) is 12. The summed E-state index contributed by atoms with van der Waals surface area (Å²) in [5.41, 5.74) is 0.556. The van der Waals surface area contributed by atoms with Crippen molar-refractivity contribution in [3.8, 4) is 0 Å². The first-order chi connectivity index (χ1) is 20.3. The van der Waals surface area contributed by atoms with Gasteiger partial charge in [-0.05, 0) is 57.9 Å². The van der Waals surface area contributed by atoms with Gasteiger partial charge in [-0.15, -0.1) is 0 Å². The van der Waals surface area contributed by atoms with Crippen molar-refractivity contribution in [3.63, 3.8) is 0 Å². The molecule has 2 rings (SSSR count). The van der Waals surface area contributed by atoms with Crippen LogP contribution in [-0.4, -0.2) is 64.1 Å². The third-order valence-electron chi connectivity index (χ3n) is 9.07. The first-order valence-corrected chi connectivity index (χ1v) is 17.6. The van der Waals surface area contributed by atoms with E-state index in [4.69, 9.17) is 9.47 Å². The molecule has 7 heteroatoms. The van der Waals surface area contributed by atoms with E-state index in [0.717, 1.165) is 57.8 Å². The highest BCUT2D eigenvalue weighted by atomic mass is 18.2. The number of carbonyl (C=O) groups is 1. The predicted molar refractivity (Wildman–Crippen MR) is 167 cm³/mol. The van der Waals surface area contributed by atoms with E-state index in [1.54, 1.807) is 13.0 Å². The van der Waals surface area contributed by atoms with Crippen LogP contribution in [0.1, 0.15) is 162 Å². The van der Waals surface area contributed by atoms with Gasteiger partial charge in [0.15, 0.2) is 0 Å². The van der Waals surface area contributed by atoms with Crippen molar-refractivity contribution in [2.45, 2.75) is 204 Å². The zero-order valence-electron chi connectivity index (χ0n) is 26.8. The van der Waals surface area contributed by atoms with E-state index in [-0.39, 0.29) is 24.3 Å². The van der Waals surface area contributed by atoms with Crippen LogP contribution in [0.25, 0.3) is 0 Å². The van der Waals surface area contributed by atoms with Crippen LogP contribution in [0.4, 0.5) is 4.39 Å². The lowest BCUT2D eigenvalue weighted by Gasteiger charge is -2.22. The Morgan fingerprint density at radius 3 is 1.74 bits per heavy atom. The molecule has 2 heterocycles. The van der Waals surface area contributed by atoms with Gasteiger partial charge in [0.2, 0.25) is 0 Å². The van der Waals surface area contributed by atoms with Gasteiger partial charge in [0.1, 0.15) is 12.3 Å². The molecule has 0 aromatic heterocycles. The zero-order chi connectivity index (χ0) is 30.6. The van der Waals surface area contributed by atoms with Crippen molar-refractivity contribution in [3.05, 3.63) is 11.6 Å². The van der Waals surface area contributed by atoms with Crippen molar-refractivity contribution in [1.29, 1.82) is 0 Å². The molecule has 7 atom stereocenters. The van der Waals surface area contributed by atoms with Crippen molar-refractivity contribution in [2.75, 3.05) is 0 Å². The number of carbonyl (C=O) groups excluding carboxylic acids is 1. The Bertz CT molecular complexity index is 730. The average molecular weight is 598 g/mol. The number of aliphatic hydroxyl groups excluding tert-OH is 3. The number of ether oxygens (including phenoxy) is 2. The van der Waals surface area contributed by atoms with Crippen molar-refractivity contribution >= 4 is 5.97 Å². The molecule has 0 amide bonds. The molecule has 0 aliphatic carbocycles. The van der Waals surface area contributed by atoms with E-state index in [2.05, 4.69) is 6.92 Å². The van der Waals surface area contributed by atoms with Crippen LogP contribution in [0.3, 0.4) is 0 Å². The highest BCUT2D eigenvalue weighted by molar-refractivity contribution is 5.90. The molecule has 1 saturated heterocycles. The van der Waals surface area contributed by atoms with Crippen LogP contribution in [0.5, 0.6) is 0 Å². The molecule has 1 fully saturated rings. The molecule has 2 aliphatic heterocycles. The molecular formula is C35H63FO6. The molecule has 0 spiro atoms. The lowest BCUT2D eigenvalue weighted by atomic mass is 9.99. The van der Waals surface area contributed by atoms with Gasteiger partial charge >= 0.3 is 5.97 Å². The number of halogens is 1. The van der Waals surface area contributed by atoms with Crippen LogP contribution in [0.2, 0.25) is 0 Å². The summed E-state index contributed by atoms with van der Waals surface area (Å²) in [6.45, 7) is 4.05. The van der Waals surface area contributed by atoms with E-state index in [9.17, 15) is 24.5 Å². The molecular weight excluding hydrogens is 534 g/mol. The Morgan fingerprint density at radius 2 is 1.19 bits per heavy atom. The second-order valence-corrected chi connectivity index (χ2v) is 13.1. The summed E-state index contributed by atoms with van der Waals surface area (Å²) in [5, 5.41) is 31.3. The fourth-order valence-corrected chi connectivity index (χ4v) is 6.39. The summed E-state index contributed by atoms with van der Waals surface area (Å²) in [7, 11) is 0. The number of esters is 1. The minimum absolute atomic E-state index is 0.167. The number of hydrogen-bond donors (Lipinski definition) is 3. The SMILES string of the molecule is CCCCCCCCCCCC[C@H](O)[C@@H]1CC[C@@H](C(O)CCCCC([18F])CCCCC[C@@H](O)CC2=C[C@H](C)OC2=O)O1. The van der Waals surface area contributed by atoms with Crippen LogP contribution in [0.15, 0.2) is 11.6 Å². The minimum Gasteiger partial charge on any atom is -0.455 e. The molecule has 0 saturated carbocycles. The normalized spacial score (nSPS) is 23.5. The van der Waals surface area contributed by atoms with Crippen molar-refractivity contribution in [1.82, 2.24) is 0 Å². The van der Waals surface area contributed by atoms with Crippen molar-refractivity contribution in [2.24, 2.45) is 0 Å². The monoisotopic (exact) mass is 597 g/mol. The predicted octanol–water partition coefficient (Wildman–Crippen LogP) is 8.04. The maximum atomic E-state index is 14.3. The van der Waals surface area contributed by atoms with Gasteiger partial charge in [-0.2, -0.15) is 0 Å². The Hall–Kier alpha value is -1.02. The Morgan fingerprint density at radius 1 is 0.738 bits per heavy atom. The first-order valence-electron chi connectivity index (χ1n) is 17.6. The molecule has 2 aliphatic rings. The molecule has 2 unspecified atom stereocenters. The summed E-state index contributed by atoms with van der Waals surface area (Å²) in [6.07, 6.45) is 20.5. The molecule has 42 heavy (non-hydrogen) atoms. The Kier molecular flexibility index (Phi) is 19.9. The largest absolute Gasteiger partial charge is 0.455 e. The van der Waals surface area contributed by atoms with Gasteiger partial charge in [0, 0.05) is 12.0 Å². The number of cyclic esters (lactones) is 1. The van der Waals surface area contributed by atoms with E-state index in [1.807, 2.05) is 0 Å². The highest BCUT2D eigenvalue weighted by Crippen LogP contribution is 2.29. The van der Waals surface area contributed by atoms with Gasteiger partial charge in [0.05, 0.1) is 30.5 Å².